The van der Waals surface area contributed by atoms with Gasteiger partial charge in [-0.15, -0.1) is 0 Å². The van der Waals surface area contributed by atoms with Crippen molar-refractivity contribution in [1.82, 2.24) is 5.32 Å². The van der Waals surface area contributed by atoms with Gasteiger partial charge in [-0.2, -0.15) is 0 Å². The van der Waals surface area contributed by atoms with Crippen LogP contribution in [0.25, 0.3) is 0 Å². The molecule has 5 nitrogen and oxygen atoms in total. The third-order valence-electron chi connectivity index (χ3n) is 4.13. The van der Waals surface area contributed by atoms with Crippen LogP contribution >= 0.6 is 0 Å². The second-order valence-corrected chi connectivity index (χ2v) is 5.77. The van der Waals surface area contributed by atoms with Gasteiger partial charge in [-0.25, -0.2) is 4.79 Å². The van der Waals surface area contributed by atoms with Crippen LogP contribution in [-0.2, 0) is 17.6 Å². The highest BCUT2D eigenvalue weighted by Crippen LogP contribution is 2.30. The van der Waals surface area contributed by atoms with Crippen LogP contribution in [0.4, 0.5) is 16.2 Å². The number of carbonyl (C=O) groups excluding carboxylic acids is 2. The molecule has 24 heavy (non-hydrogen) atoms. The van der Waals surface area contributed by atoms with Gasteiger partial charge in [0, 0.05) is 24.5 Å². The molecule has 0 saturated heterocycles. The SMILES string of the molecule is CCN1C(=O)Cc2cc(NC(=O)NCCc3ccccc3)ccc21. The number of amides is 3. The second kappa shape index (κ2) is 7.17. The molecule has 2 aromatic rings. The molecule has 0 aromatic heterocycles. The first-order valence-corrected chi connectivity index (χ1v) is 8.19. The van der Waals surface area contributed by atoms with Crippen LogP contribution in [-0.4, -0.2) is 25.0 Å². The molecule has 1 aliphatic heterocycles. The van der Waals surface area contributed by atoms with Crippen molar-refractivity contribution in [3.8, 4) is 0 Å². The molecule has 0 saturated carbocycles. The zero-order chi connectivity index (χ0) is 16.9. The minimum Gasteiger partial charge on any atom is -0.338 e. The average Bonchev–Trinajstić information content (AvgIpc) is 2.90. The maximum atomic E-state index is 12.0. The van der Waals surface area contributed by atoms with Gasteiger partial charge in [0.2, 0.25) is 5.91 Å². The van der Waals surface area contributed by atoms with Crippen molar-refractivity contribution < 1.29 is 9.59 Å². The Morgan fingerprint density at radius 3 is 2.71 bits per heavy atom. The molecule has 0 fully saturated rings. The lowest BCUT2D eigenvalue weighted by atomic mass is 10.1. The number of hydrogen-bond donors (Lipinski definition) is 2. The molecule has 0 atom stereocenters. The summed E-state index contributed by atoms with van der Waals surface area (Å²) < 4.78 is 0. The van der Waals surface area contributed by atoms with E-state index in [-0.39, 0.29) is 11.9 Å². The van der Waals surface area contributed by atoms with Crippen molar-refractivity contribution in [3.05, 3.63) is 59.7 Å². The number of benzene rings is 2. The Morgan fingerprint density at radius 1 is 1.17 bits per heavy atom. The van der Waals surface area contributed by atoms with Crippen molar-refractivity contribution in [1.29, 1.82) is 0 Å². The van der Waals surface area contributed by atoms with Gasteiger partial charge in [-0.1, -0.05) is 30.3 Å². The van der Waals surface area contributed by atoms with E-state index >= 15 is 0 Å². The zero-order valence-corrected chi connectivity index (χ0v) is 13.7. The van der Waals surface area contributed by atoms with Crippen LogP contribution in [0.3, 0.4) is 0 Å². The van der Waals surface area contributed by atoms with Gasteiger partial charge in [0.25, 0.3) is 0 Å². The molecule has 3 amide bonds. The fourth-order valence-electron chi connectivity index (χ4n) is 2.95. The molecule has 2 aromatic carbocycles. The Labute approximate surface area is 141 Å². The lowest BCUT2D eigenvalue weighted by molar-refractivity contribution is -0.117. The van der Waals surface area contributed by atoms with Crippen LogP contribution in [0.5, 0.6) is 0 Å². The molecule has 0 spiro atoms. The smallest absolute Gasteiger partial charge is 0.319 e. The van der Waals surface area contributed by atoms with Gasteiger partial charge < -0.3 is 15.5 Å². The van der Waals surface area contributed by atoms with Crippen molar-refractivity contribution in [2.75, 3.05) is 23.3 Å². The fourth-order valence-corrected chi connectivity index (χ4v) is 2.95. The number of nitrogens with one attached hydrogen (secondary N) is 2. The van der Waals surface area contributed by atoms with E-state index in [4.69, 9.17) is 0 Å². The molecule has 1 aliphatic rings. The molecular formula is C19H21N3O2. The van der Waals surface area contributed by atoms with E-state index in [2.05, 4.69) is 10.6 Å². The number of rotatable bonds is 5. The number of likely N-dealkylation sites (N-methyl/N-ethyl adjacent to an activating group) is 1. The van der Waals surface area contributed by atoms with E-state index in [1.165, 1.54) is 5.56 Å². The maximum absolute atomic E-state index is 12.0. The Kier molecular flexibility index (Phi) is 4.79. The molecule has 0 radical (unpaired) electrons. The molecule has 2 N–H and O–H groups in total. The van der Waals surface area contributed by atoms with Crippen LogP contribution < -0.4 is 15.5 Å². The number of anilines is 2. The topological polar surface area (TPSA) is 61.4 Å². The van der Waals surface area contributed by atoms with Gasteiger partial charge >= 0.3 is 6.03 Å². The highest BCUT2D eigenvalue weighted by molar-refractivity contribution is 6.02. The monoisotopic (exact) mass is 323 g/mol. The largest absolute Gasteiger partial charge is 0.338 e. The average molecular weight is 323 g/mol. The highest BCUT2D eigenvalue weighted by Gasteiger charge is 2.25. The first-order valence-electron chi connectivity index (χ1n) is 8.19. The minimum absolute atomic E-state index is 0.108. The predicted molar refractivity (Wildman–Crippen MR) is 95.3 cm³/mol. The van der Waals surface area contributed by atoms with E-state index < -0.39 is 0 Å². The summed E-state index contributed by atoms with van der Waals surface area (Å²) in [6.07, 6.45) is 1.19. The molecule has 0 unspecified atom stereocenters. The summed E-state index contributed by atoms with van der Waals surface area (Å²) in [7, 11) is 0. The Balaban J connectivity index is 1.54. The van der Waals surface area contributed by atoms with Gasteiger partial charge in [0.15, 0.2) is 0 Å². The standard InChI is InChI=1S/C19H21N3O2/c1-2-22-17-9-8-16(12-15(17)13-18(22)23)21-19(24)20-11-10-14-6-4-3-5-7-14/h3-9,12H,2,10-11,13H2,1H3,(H2,20,21,24). The van der Waals surface area contributed by atoms with Gasteiger partial charge in [-0.05, 0) is 42.7 Å². The molecule has 124 valence electrons. The van der Waals surface area contributed by atoms with E-state index in [1.807, 2.05) is 55.5 Å². The molecule has 3 rings (SSSR count). The number of fused-ring (bicyclic) bond motifs is 1. The van der Waals surface area contributed by atoms with Crippen molar-refractivity contribution >= 4 is 23.3 Å². The summed E-state index contributed by atoms with van der Waals surface area (Å²) in [4.78, 5) is 25.6. The predicted octanol–water partition coefficient (Wildman–Crippen LogP) is 2.96. The maximum Gasteiger partial charge on any atom is 0.319 e. The molecule has 0 bridgehead atoms. The molecule has 0 aliphatic carbocycles. The van der Waals surface area contributed by atoms with Crippen LogP contribution in [0.1, 0.15) is 18.1 Å². The van der Waals surface area contributed by atoms with Crippen LogP contribution in [0.2, 0.25) is 0 Å². The second-order valence-electron chi connectivity index (χ2n) is 5.77. The first-order chi connectivity index (χ1) is 11.7. The summed E-state index contributed by atoms with van der Waals surface area (Å²) in [6, 6.07) is 15.4. The van der Waals surface area contributed by atoms with Gasteiger partial charge in [0.1, 0.15) is 0 Å². The van der Waals surface area contributed by atoms with Crippen LogP contribution in [0, 0.1) is 0 Å². The fraction of sp³-hybridized carbons (Fsp3) is 0.263. The van der Waals surface area contributed by atoms with Crippen molar-refractivity contribution in [2.24, 2.45) is 0 Å². The number of nitrogens with zero attached hydrogens (tertiary/aromatic N) is 1. The minimum atomic E-state index is -0.234. The van der Waals surface area contributed by atoms with Crippen LogP contribution in [0.15, 0.2) is 48.5 Å². The van der Waals surface area contributed by atoms with Crippen molar-refractivity contribution in [2.45, 2.75) is 19.8 Å². The Hall–Kier alpha value is -2.82. The first kappa shape index (κ1) is 16.1. The number of hydrogen-bond acceptors (Lipinski definition) is 2. The number of urea groups is 1. The summed E-state index contributed by atoms with van der Waals surface area (Å²) in [6.45, 7) is 3.20. The summed E-state index contributed by atoms with van der Waals surface area (Å²) in [5.74, 6) is 0.108. The quantitative estimate of drug-likeness (QED) is 0.888. The van der Waals surface area contributed by atoms with E-state index in [0.29, 0.717) is 25.2 Å². The van der Waals surface area contributed by atoms with Gasteiger partial charge in [-0.3, -0.25) is 4.79 Å². The highest BCUT2D eigenvalue weighted by atomic mass is 16.2. The van der Waals surface area contributed by atoms with E-state index in [0.717, 1.165) is 17.7 Å². The van der Waals surface area contributed by atoms with Crippen molar-refractivity contribution in [3.63, 3.8) is 0 Å². The third kappa shape index (κ3) is 3.56. The molecule has 5 heteroatoms. The number of carbonyl (C=O) groups is 2. The van der Waals surface area contributed by atoms with E-state index in [1.54, 1.807) is 4.90 Å². The van der Waals surface area contributed by atoms with E-state index in [9.17, 15) is 9.59 Å². The third-order valence-corrected chi connectivity index (χ3v) is 4.13. The lowest BCUT2D eigenvalue weighted by Gasteiger charge is -2.15. The summed E-state index contributed by atoms with van der Waals surface area (Å²) in [5, 5.41) is 5.67. The lowest BCUT2D eigenvalue weighted by Crippen LogP contribution is -2.30. The molecular weight excluding hydrogens is 302 g/mol. The summed E-state index contributed by atoms with van der Waals surface area (Å²) >= 11 is 0. The van der Waals surface area contributed by atoms with Gasteiger partial charge in [0.05, 0.1) is 6.42 Å². The zero-order valence-electron chi connectivity index (χ0n) is 13.7. The molecule has 1 heterocycles. The normalized spacial score (nSPS) is 12.9. The Bertz CT molecular complexity index is 744. The Morgan fingerprint density at radius 2 is 1.96 bits per heavy atom. The summed E-state index contributed by atoms with van der Waals surface area (Å²) in [5.41, 5.74) is 3.80.